The van der Waals surface area contributed by atoms with Gasteiger partial charge in [-0.2, -0.15) is 0 Å². The third-order valence-corrected chi connectivity index (χ3v) is 4.91. The Bertz CT molecular complexity index is 625. The van der Waals surface area contributed by atoms with Crippen molar-refractivity contribution in [3.05, 3.63) is 64.5 Å². The van der Waals surface area contributed by atoms with Crippen molar-refractivity contribution in [1.82, 2.24) is 5.32 Å². The zero-order valence-corrected chi connectivity index (χ0v) is 13.9. The first-order valence-electron chi connectivity index (χ1n) is 7.14. The van der Waals surface area contributed by atoms with Gasteiger partial charge in [0.25, 0.3) is 0 Å². The van der Waals surface area contributed by atoms with Gasteiger partial charge < -0.3 is 5.32 Å². The fraction of sp³-hybridized carbons (Fsp3) is 0.333. The second-order valence-corrected chi connectivity index (χ2v) is 6.50. The highest BCUT2D eigenvalue weighted by molar-refractivity contribution is 7.99. The molecule has 0 radical (unpaired) electrons. The van der Waals surface area contributed by atoms with Crippen molar-refractivity contribution in [1.29, 1.82) is 0 Å². The molecule has 0 aromatic heterocycles. The molecule has 2 rings (SSSR count). The second kappa shape index (κ2) is 7.10. The van der Waals surface area contributed by atoms with E-state index < -0.39 is 0 Å². The van der Waals surface area contributed by atoms with Gasteiger partial charge in [-0.25, -0.2) is 4.39 Å². The molecule has 0 aliphatic carbocycles. The maximum Gasteiger partial charge on any atom is 0.124 e. The molecule has 3 heteroatoms. The van der Waals surface area contributed by atoms with Gasteiger partial charge in [0, 0.05) is 16.7 Å². The predicted octanol–water partition coefficient (Wildman–Crippen LogP) is 4.80. The van der Waals surface area contributed by atoms with Crippen molar-refractivity contribution in [2.24, 2.45) is 0 Å². The highest BCUT2D eigenvalue weighted by Crippen LogP contribution is 2.28. The Hall–Kier alpha value is -1.32. The molecule has 0 spiro atoms. The summed E-state index contributed by atoms with van der Waals surface area (Å²) in [5.41, 5.74) is 5.26. The maximum atomic E-state index is 13.2. The number of aryl methyl sites for hydroxylation is 3. The highest BCUT2D eigenvalue weighted by Gasteiger charge is 2.13. The summed E-state index contributed by atoms with van der Waals surface area (Å²) in [7, 11) is 1.98. The summed E-state index contributed by atoms with van der Waals surface area (Å²) in [5, 5.41) is 3.38. The Kier molecular flexibility index (Phi) is 5.43. The predicted molar refractivity (Wildman–Crippen MR) is 89.6 cm³/mol. The third-order valence-electron chi connectivity index (χ3n) is 3.82. The molecule has 0 fully saturated rings. The Balaban J connectivity index is 2.15. The highest BCUT2D eigenvalue weighted by atomic mass is 32.2. The molecule has 0 aliphatic rings. The monoisotopic (exact) mass is 303 g/mol. The molecule has 0 saturated carbocycles. The van der Waals surface area contributed by atoms with E-state index in [9.17, 15) is 4.39 Å². The van der Waals surface area contributed by atoms with Gasteiger partial charge in [-0.1, -0.05) is 18.2 Å². The molecule has 0 amide bonds. The second-order valence-electron chi connectivity index (χ2n) is 5.40. The van der Waals surface area contributed by atoms with Gasteiger partial charge in [0.05, 0.1) is 0 Å². The smallest absolute Gasteiger partial charge is 0.124 e. The molecule has 2 aromatic rings. The van der Waals surface area contributed by atoms with Crippen LogP contribution >= 0.6 is 11.8 Å². The van der Waals surface area contributed by atoms with Crippen LogP contribution in [0.25, 0.3) is 0 Å². The van der Waals surface area contributed by atoms with Gasteiger partial charge in [0.2, 0.25) is 0 Å². The Morgan fingerprint density at radius 1 is 1.05 bits per heavy atom. The van der Waals surface area contributed by atoms with E-state index >= 15 is 0 Å². The average molecular weight is 303 g/mol. The number of halogens is 1. The van der Waals surface area contributed by atoms with Gasteiger partial charge in [-0.05, 0) is 68.3 Å². The molecule has 112 valence electrons. The summed E-state index contributed by atoms with van der Waals surface area (Å²) < 4.78 is 13.2. The van der Waals surface area contributed by atoms with Crippen molar-refractivity contribution < 1.29 is 4.39 Å². The SMILES string of the molecule is CNC(CSc1cccc(F)c1)c1cc(C)c(C)cc1C. The van der Waals surface area contributed by atoms with E-state index in [0.717, 1.165) is 10.6 Å². The Labute approximate surface area is 131 Å². The van der Waals surface area contributed by atoms with E-state index in [-0.39, 0.29) is 11.9 Å². The van der Waals surface area contributed by atoms with Crippen LogP contribution in [0.1, 0.15) is 28.3 Å². The fourth-order valence-electron chi connectivity index (χ4n) is 2.42. The van der Waals surface area contributed by atoms with Gasteiger partial charge in [-0.3, -0.25) is 0 Å². The van der Waals surface area contributed by atoms with Crippen LogP contribution in [0.2, 0.25) is 0 Å². The Morgan fingerprint density at radius 2 is 1.76 bits per heavy atom. The van der Waals surface area contributed by atoms with Crippen LogP contribution in [0.5, 0.6) is 0 Å². The molecule has 2 aromatic carbocycles. The molecule has 0 heterocycles. The van der Waals surface area contributed by atoms with E-state index in [1.165, 1.54) is 28.3 Å². The number of thioether (sulfide) groups is 1. The van der Waals surface area contributed by atoms with Crippen LogP contribution < -0.4 is 5.32 Å². The van der Waals surface area contributed by atoms with Crippen molar-refractivity contribution in [2.75, 3.05) is 12.8 Å². The van der Waals surface area contributed by atoms with Gasteiger partial charge in [0.1, 0.15) is 5.82 Å². The van der Waals surface area contributed by atoms with Crippen molar-refractivity contribution in [3.8, 4) is 0 Å². The lowest BCUT2D eigenvalue weighted by Gasteiger charge is -2.20. The summed E-state index contributed by atoms with van der Waals surface area (Å²) in [6, 6.07) is 11.5. The molecular weight excluding hydrogens is 281 g/mol. The molecular formula is C18H22FNS. The van der Waals surface area contributed by atoms with E-state index in [4.69, 9.17) is 0 Å². The minimum atomic E-state index is -0.177. The standard InChI is InChI=1S/C18H22FNS/c1-12-8-14(3)17(9-13(12)2)18(20-4)11-21-16-7-5-6-15(19)10-16/h5-10,18,20H,11H2,1-4H3. The number of hydrogen-bond acceptors (Lipinski definition) is 2. The number of benzene rings is 2. The molecule has 0 saturated heterocycles. The summed E-state index contributed by atoms with van der Waals surface area (Å²) in [4.78, 5) is 0.969. The number of rotatable bonds is 5. The Morgan fingerprint density at radius 3 is 2.43 bits per heavy atom. The molecule has 0 bridgehead atoms. The van der Waals surface area contributed by atoms with Crippen LogP contribution in [0.3, 0.4) is 0 Å². The largest absolute Gasteiger partial charge is 0.312 e. The molecule has 0 aliphatic heterocycles. The lowest BCUT2D eigenvalue weighted by Crippen LogP contribution is -2.20. The van der Waals surface area contributed by atoms with Crippen molar-refractivity contribution in [3.63, 3.8) is 0 Å². The average Bonchev–Trinajstić information content (AvgIpc) is 2.45. The van der Waals surface area contributed by atoms with E-state index in [0.29, 0.717) is 0 Å². The van der Waals surface area contributed by atoms with Crippen LogP contribution in [0.15, 0.2) is 41.3 Å². The van der Waals surface area contributed by atoms with Gasteiger partial charge in [-0.15, -0.1) is 11.8 Å². The maximum absolute atomic E-state index is 13.2. The summed E-state index contributed by atoms with van der Waals surface area (Å²) in [6.07, 6.45) is 0. The number of nitrogens with one attached hydrogen (secondary N) is 1. The minimum Gasteiger partial charge on any atom is -0.312 e. The van der Waals surface area contributed by atoms with Crippen molar-refractivity contribution in [2.45, 2.75) is 31.7 Å². The topological polar surface area (TPSA) is 12.0 Å². The molecule has 1 atom stereocenters. The molecule has 1 unspecified atom stereocenters. The van der Waals surface area contributed by atoms with Crippen LogP contribution in [0.4, 0.5) is 4.39 Å². The van der Waals surface area contributed by atoms with Gasteiger partial charge in [0.15, 0.2) is 0 Å². The molecule has 1 nitrogen and oxygen atoms in total. The van der Waals surface area contributed by atoms with E-state index in [1.807, 2.05) is 13.1 Å². The zero-order chi connectivity index (χ0) is 15.4. The summed E-state index contributed by atoms with van der Waals surface area (Å²) in [5.74, 6) is 0.701. The summed E-state index contributed by atoms with van der Waals surface area (Å²) >= 11 is 1.68. The first kappa shape index (κ1) is 16.1. The normalized spacial score (nSPS) is 12.4. The number of hydrogen-bond donors (Lipinski definition) is 1. The van der Waals surface area contributed by atoms with Gasteiger partial charge >= 0.3 is 0 Å². The van der Waals surface area contributed by atoms with Crippen LogP contribution in [0, 0.1) is 26.6 Å². The third kappa shape index (κ3) is 4.08. The molecule has 1 N–H and O–H groups in total. The fourth-order valence-corrected chi connectivity index (χ4v) is 3.50. The molecule has 21 heavy (non-hydrogen) atoms. The van der Waals surface area contributed by atoms with E-state index in [1.54, 1.807) is 23.9 Å². The first-order chi connectivity index (χ1) is 10.0. The zero-order valence-electron chi connectivity index (χ0n) is 13.0. The lowest BCUT2D eigenvalue weighted by molar-refractivity contribution is 0.624. The van der Waals surface area contributed by atoms with Crippen molar-refractivity contribution >= 4 is 11.8 Å². The minimum absolute atomic E-state index is 0.177. The lowest BCUT2D eigenvalue weighted by atomic mass is 9.96. The quantitative estimate of drug-likeness (QED) is 0.796. The van der Waals surface area contributed by atoms with Crippen LogP contribution in [-0.4, -0.2) is 12.8 Å². The summed E-state index contributed by atoms with van der Waals surface area (Å²) in [6.45, 7) is 6.44. The van der Waals surface area contributed by atoms with E-state index in [2.05, 4.69) is 38.2 Å². The van der Waals surface area contributed by atoms with Crippen LogP contribution in [-0.2, 0) is 0 Å². The first-order valence-corrected chi connectivity index (χ1v) is 8.13.